The largest absolute Gasteiger partial charge is 0.475 e. The number of rotatable bonds is 9. The molecule has 1 heterocycles. The molecule has 0 radical (unpaired) electrons. The molecule has 0 spiro atoms. The zero-order chi connectivity index (χ0) is 15.0. The van der Waals surface area contributed by atoms with Crippen LogP contribution in [0.4, 0.5) is 5.82 Å². The van der Waals surface area contributed by atoms with E-state index >= 15 is 0 Å². The summed E-state index contributed by atoms with van der Waals surface area (Å²) in [5, 5.41) is 3.30. The van der Waals surface area contributed by atoms with Crippen LogP contribution in [0, 0.1) is 19.8 Å². The lowest BCUT2D eigenvalue weighted by Crippen LogP contribution is -2.13. The van der Waals surface area contributed by atoms with Gasteiger partial charge in [0.05, 0.1) is 12.2 Å². The van der Waals surface area contributed by atoms with E-state index in [0.717, 1.165) is 31.0 Å². The average molecular weight is 281 g/mol. The third-order valence-corrected chi connectivity index (χ3v) is 2.67. The first-order valence-electron chi connectivity index (χ1n) is 7.34. The van der Waals surface area contributed by atoms with Crippen LogP contribution in [0.3, 0.4) is 0 Å². The molecule has 0 aliphatic carbocycles. The molecular weight excluding hydrogens is 254 g/mol. The summed E-state index contributed by atoms with van der Waals surface area (Å²) >= 11 is 0. The molecule has 0 fully saturated rings. The SMILES string of the molecule is CCCNc1nc(C)nc(OCCOCC(C)C)c1C. The highest BCUT2D eigenvalue weighted by molar-refractivity contribution is 5.48. The average Bonchev–Trinajstić information content (AvgIpc) is 2.39. The smallest absolute Gasteiger partial charge is 0.221 e. The van der Waals surface area contributed by atoms with E-state index in [1.807, 2.05) is 13.8 Å². The van der Waals surface area contributed by atoms with Gasteiger partial charge in [-0.15, -0.1) is 0 Å². The third kappa shape index (κ3) is 5.74. The Morgan fingerprint density at radius 1 is 1.15 bits per heavy atom. The first kappa shape index (κ1) is 16.7. The van der Waals surface area contributed by atoms with Crippen LogP contribution in [-0.2, 0) is 4.74 Å². The Kier molecular flexibility index (Phi) is 7.30. The third-order valence-electron chi connectivity index (χ3n) is 2.67. The van der Waals surface area contributed by atoms with Crippen LogP contribution in [0.15, 0.2) is 0 Å². The van der Waals surface area contributed by atoms with E-state index in [9.17, 15) is 0 Å². The zero-order valence-corrected chi connectivity index (χ0v) is 13.3. The van der Waals surface area contributed by atoms with E-state index in [1.54, 1.807) is 0 Å². The summed E-state index contributed by atoms with van der Waals surface area (Å²) in [6, 6.07) is 0. The van der Waals surface area contributed by atoms with Crippen molar-refractivity contribution in [3.8, 4) is 5.88 Å². The van der Waals surface area contributed by atoms with E-state index < -0.39 is 0 Å². The van der Waals surface area contributed by atoms with Crippen molar-refractivity contribution >= 4 is 5.82 Å². The molecule has 0 atom stereocenters. The van der Waals surface area contributed by atoms with Gasteiger partial charge in [-0.2, -0.15) is 4.98 Å². The first-order chi connectivity index (χ1) is 9.54. The Balaban J connectivity index is 2.54. The number of aromatic nitrogens is 2. The van der Waals surface area contributed by atoms with E-state index in [4.69, 9.17) is 9.47 Å². The molecular formula is C15H27N3O2. The molecule has 0 unspecified atom stereocenters. The zero-order valence-electron chi connectivity index (χ0n) is 13.3. The van der Waals surface area contributed by atoms with Gasteiger partial charge in [0.25, 0.3) is 0 Å². The fraction of sp³-hybridized carbons (Fsp3) is 0.733. The Morgan fingerprint density at radius 2 is 1.90 bits per heavy atom. The van der Waals surface area contributed by atoms with Gasteiger partial charge in [0, 0.05) is 13.2 Å². The van der Waals surface area contributed by atoms with Crippen molar-refractivity contribution in [3.63, 3.8) is 0 Å². The van der Waals surface area contributed by atoms with Crippen molar-refractivity contribution in [2.75, 3.05) is 31.7 Å². The maximum Gasteiger partial charge on any atom is 0.221 e. The molecule has 0 aliphatic heterocycles. The molecule has 1 aromatic heterocycles. The minimum atomic E-state index is 0.511. The highest BCUT2D eigenvalue weighted by Crippen LogP contribution is 2.21. The summed E-state index contributed by atoms with van der Waals surface area (Å²) < 4.78 is 11.2. The van der Waals surface area contributed by atoms with Gasteiger partial charge >= 0.3 is 0 Å². The fourth-order valence-electron chi connectivity index (χ4n) is 1.68. The molecule has 0 bridgehead atoms. The number of aryl methyl sites for hydroxylation is 1. The lowest BCUT2D eigenvalue weighted by molar-refractivity contribution is 0.0803. The summed E-state index contributed by atoms with van der Waals surface area (Å²) in [7, 11) is 0. The van der Waals surface area contributed by atoms with Crippen molar-refractivity contribution in [2.24, 2.45) is 5.92 Å². The monoisotopic (exact) mass is 281 g/mol. The molecule has 0 saturated heterocycles. The van der Waals surface area contributed by atoms with Crippen molar-refractivity contribution in [2.45, 2.75) is 41.0 Å². The Bertz CT molecular complexity index is 408. The Morgan fingerprint density at radius 3 is 2.55 bits per heavy atom. The topological polar surface area (TPSA) is 56.3 Å². The maximum atomic E-state index is 5.70. The second-order valence-electron chi connectivity index (χ2n) is 5.29. The molecule has 0 aliphatic rings. The lowest BCUT2D eigenvalue weighted by Gasteiger charge is -2.13. The van der Waals surface area contributed by atoms with Crippen LogP contribution < -0.4 is 10.1 Å². The van der Waals surface area contributed by atoms with Crippen LogP contribution >= 0.6 is 0 Å². The molecule has 1 N–H and O–H groups in total. The van der Waals surface area contributed by atoms with Crippen molar-refractivity contribution in [1.82, 2.24) is 9.97 Å². The lowest BCUT2D eigenvalue weighted by atomic mass is 10.2. The summed E-state index contributed by atoms with van der Waals surface area (Å²) in [6.45, 7) is 13.0. The minimum Gasteiger partial charge on any atom is -0.475 e. The molecule has 1 aromatic rings. The summed E-state index contributed by atoms with van der Waals surface area (Å²) in [6.07, 6.45) is 1.06. The van der Waals surface area contributed by atoms with Crippen molar-refractivity contribution < 1.29 is 9.47 Å². The molecule has 5 heteroatoms. The van der Waals surface area contributed by atoms with Crippen LogP contribution in [0.5, 0.6) is 5.88 Å². The van der Waals surface area contributed by atoms with Gasteiger partial charge in [-0.1, -0.05) is 20.8 Å². The molecule has 114 valence electrons. The van der Waals surface area contributed by atoms with E-state index in [1.165, 1.54) is 0 Å². The Hall–Kier alpha value is -1.36. The number of hydrogen-bond acceptors (Lipinski definition) is 5. The van der Waals surface area contributed by atoms with Crippen LogP contribution in [0.25, 0.3) is 0 Å². The van der Waals surface area contributed by atoms with Gasteiger partial charge in [-0.25, -0.2) is 4.98 Å². The molecule has 0 saturated carbocycles. The summed E-state index contributed by atoms with van der Waals surface area (Å²) in [5.74, 6) is 2.76. The standard InChI is InChI=1S/C15H27N3O2/c1-6-7-16-14-12(4)15(18-13(5)17-14)20-9-8-19-10-11(2)3/h11H,6-10H2,1-5H3,(H,16,17,18). The van der Waals surface area contributed by atoms with Gasteiger partial charge in [-0.05, 0) is 26.2 Å². The normalized spacial score (nSPS) is 10.9. The number of hydrogen-bond donors (Lipinski definition) is 1. The van der Waals surface area contributed by atoms with Crippen LogP contribution in [-0.4, -0.2) is 36.3 Å². The highest BCUT2D eigenvalue weighted by Gasteiger charge is 2.09. The van der Waals surface area contributed by atoms with Gasteiger partial charge in [0.2, 0.25) is 5.88 Å². The van der Waals surface area contributed by atoms with Crippen LogP contribution in [0.2, 0.25) is 0 Å². The molecule has 20 heavy (non-hydrogen) atoms. The van der Waals surface area contributed by atoms with E-state index in [0.29, 0.717) is 30.8 Å². The summed E-state index contributed by atoms with van der Waals surface area (Å²) in [4.78, 5) is 8.75. The first-order valence-corrected chi connectivity index (χ1v) is 7.34. The van der Waals surface area contributed by atoms with E-state index in [2.05, 4.69) is 36.1 Å². The van der Waals surface area contributed by atoms with Gasteiger partial charge in [0.1, 0.15) is 18.2 Å². The molecule has 0 amide bonds. The van der Waals surface area contributed by atoms with Gasteiger partial charge in [0.15, 0.2) is 0 Å². The van der Waals surface area contributed by atoms with Crippen LogP contribution in [0.1, 0.15) is 38.6 Å². The number of ether oxygens (including phenoxy) is 2. The quantitative estimate of drug-likeness (QED) is 0.705. The van der Waals surface area contributed by atoms with Crippen molar-refractivity contribution in [3.05, 3.63) is 11.4 Å². The minimum absolute atomic E-state index is 0.511. The van der Waals surface area contributed by atoms with E-state index in [-0.39, 0.29) is 0 Å². The maximum absolute atomic E-state index is 5.70. The van der Waals surface area contributed by atoms with Crippen molar-refractivity contribution in [1.29, 1.82) is 0 Å². The number of nitrogens with one attached hydrogen (secondary N) is 1. The van der Waals surface area contributed by atoms with Gasteiger partial charge < -0.3 is 14.8 Å². The Labute approximate surface area is 122 Å². The number of anilines is 1. The number of nitrogens with zero attached hydrogens (tertiary/aromatic N) is 2. The molecule has 1 rings (SSSR count). The second kappa shape index (κ2) is 8.74. The molecule has 0 aromatic carbocycles. The molecule has 5 nitrogen and oxygen atoms in total. The van der Waals surface area contributed by atoms with Gasteiger partial charge in [-0.3, -0.25) is 0 Å². The second-order valence-corrected chi connectivity index (χ2v) is 5.29. The summed E-state index contributed by atoms with van der Waals surface area (Å²) in [5.41, 5.74) is 0.952. The predicted molar refractivity (Wildman–Crippen MR) is 81.4 cm³/mol. The fourth-order valence-corrected chi connectivity index (χ4v) is 1.68. The predicted octanol–water partition coefficient (Wildman–Crippen LogP) is 2.97. The highest BCUT2D eigenvalue weighted by atomic mass is 16.5.